The molecule has 2 nitrogen and oxygen atoms in total. The van der Waals surface area contributed by atoms with Crippen LogP contribution < -0.4 is 5.32 Å². The van der Waals surface area contributed by atoms with Gasteiger partial charge in [-0.25, -0.2) is 8.78 Å². The third-order valence-corrected chi connectivity index (χ3v) is 4.26. The maximum Gasteiger partial charge on any atom is 0.126 e. The summed E-state index contributed by atoms with van der Waals surface area (Å²) in [7, 11) is 0. The predicted molar refractivity (Wildman–Crippen MR) is 75.5 cm³/mol. The second kappa shape index (κ2) is 7.14. The monoisotopic (exact) mass is 283 g/mol. The van der Waals surface area contributed by atoms with Crippen molar-refractivity contribution in [1.82, 2.24) is 5.32 Å². The molecule has 0 spiro atoms. The molecule has 0 atom stereocenters. The van der Waals surface area contributed by atoms with Gasteiger partial charge in [0.05, 0.1) is 0 Å². The maximum atomic E-state index is 13.1. The van der Waals surface area contributed by atoms with Crippen molar-refractivity contribution in [3.8, 4) is 0 Å². The van der Waals surface area contributed by atoms with Gasteiger partial charge in [-0.2, -0.15) is 0 Å². The summed E-state index contributed by atoms with van der Waals surface area (Å²) in [5.41, 5.74) is 0.669. The molecule has 0 bridgehead atoms. The number of rotatable bonds is 6. The number of aliphatic hydroxyl groups excluding tert-OH is 1. The molecule has 20 heavy (non-hydrogen) atoms. The zero-order valence-corrected chi connectivity index (χ0v) is 11.8. The highest BCUT2D eigenvalue weighted by molar-refractivity contribution is 5.18. The number of aliphatic hydroxyl groups is 1. The smallest absolute Gasteiger partial charge is 0.126 e. The van der Waals surface area contributed by atoms with Crippen LogP contribution in [0, 0.1) is 17.0 Å². The molecular formula is C16H23F2NO. The molecule has 4 heteroatoms. The topological polar surface area (TPSA) is 32.3 Å². The van der Waals surface area contributed by atoms with Crippen molar-refractivity contribution in [2.75, 3.05) is 19.7 Å². The number of benzene rings is 1. The van der Waals surface area contributed by atoms with Crippen LogP contribution in [-0.2, 0) is 6.42 Å². The lowest BCUT2D eigenvalue weighted by Crippen LogP contribution is -2.39. The van der Waals surface area contributed by atoms with Crippen molar-refractivity contribution in [2.45, 2.75) is 38.5 Å². The third kappa shape index (κ3) is 4.25. The van der Waals surface area contributed by atoms with E-state index in [1.54, 1.807) is 0 Å². The van der Waals surface area contributed by atoms with Gasteiger partial charge in [-0.05, 0) is 43.5 Å². The fraction of sp³-hybridized carbons (Fsp3) is 0.625. The van der Waals surface area contributed by atoms with E-state index in [9.17, 15) is 13.9 Å². The zero-order valence-electron chi connectivity index (χ0n) is 11.8. The zero-order chi connectivity index (χ0) is 14.4. The van der Waals surface area contributed by atoms with E-state index in [0.29, 0.717) is 18.5 Å². The standard InChI is InChI=1S/C16H23F2NO/c17-14-8-13(9-15(18)10-14)4-7-19-11-16(12-20)5-2-1-3-6-16/h8-10,19-20H,1-7,11-12H2. The Morgan fingerprint density at radius 3 is 2.30 bits per heavy atom. The number of hydrogen-bond acceptors (Lipinski definition) is 2. The molecule has 1 aromatic carbocycles. The van der Waals surface area contributed by atoms with Crippen molar-refractivity contribution in [2.24, 2.45) is 5.41 Å². The summed E-state index contributed by atoms with van der Waals surface area (Å²) >= 11 is 0. The Hall–Kier alpha value is -1.00. The molecule has 0 aromatic heterocycles. The number of halogens is 2. The van der Waals surface area contributed by atoms with Crippen LogP contribution in [-0.4, -0.2) is 24.8 Å². The van der Waals surface area contributed by atoms with E-state index >= 15 is 0 Å². The molecule has 0 radical (unpaired) electrons. The summed E-state index contributed by atoms with van der Waals surface area (Å²) in [5, 5.41) is 12.9. The highest BCUT2D eigenvalue weighted by Gasteiger charge is 2.30. The lowest BCUT2D eigenvalue weighted by molar-refractivity contribution is 0.0816. The van der Waals surface area contributed by atoms with Gasteiger partial charge in [0.1, 0.15) is 11.6 Å². The molecule has 1 aliphatic carbocycles. The minimum atomic E-state index is -0.529. The molecule has 1 fully saturated rings. The van der Waals surface area contributed by atoms with Crippen LogP contribution in [0.1, 0.15) is 37.7 Å². The Bertz CT molecular complexity index is 410. The van der Waals surface area contributed by atoms with Gasteiger partial charge in [-0.3, -0.25) is 0 Å². The average molecular weight is 283 g/mol. The van der Waals surface area contributed by atoms with Gasteiger partial charge in [0.25, 0.3) is 0 Å². The second-order valence-electron chi connectivity index (χ2n) is 5.92. The molecule has 0 aliphatic heterocycles. The summed E-state index contributed by atoms with van der Waals surface area (Å²) in [6.07, 6.45) is 6.32. The van der Waals surface area contributed by atoms with Gasteiger partial charge >= 0.3 is 0 Å². The molecule has 0 amide bonds. The van der Waals surface area contributed by atoms with Crippen LogP contribution in [0.15, 0.2) is 18.2 Å². The van der Waals surface area contributed by atoms with E-state index in [1.165, 1.54) is 31.4 Å². The van der Waals surface area contributed by atoms with E-state index < -0.39 is 11.6 Å². The molecule has 1 saturated carbocycles. The van der Waals surface area contributed by atoms with E-state index in [2.05, 4.69) is 5.32 Å². The van der Waals surface area contributed by atoms with E-state index in [1.807, 2.05) is 0 Å². The highest BCUT2D eigenvalue weighted by Crippen LogP contribution is 2.35. The van der Waals surface area contributed by atoms with E-state index in [0.717, 1.165) is 25.5 Å². The van der Waals surface area contributed by atoms with Gasteiger partial charge in [-0.15, -0.1) is 0 Å². The van der Waals surface area contributed by atoms with E-state index in [-0.39, 0.29) is 12.0 Å². The third-order valence-electron chi connectivity index (χ3n) is 4.26. The lowest BCUT2D eigenvalue weighted by Gasteiger charge is -2.35. The largest absolute Gasteiger partial charge is 0.396 e. The Morgan fingerprint density at radius 2 is 1.70 bits per heavy atom. The SMILES string of the molecule is OCC1(CNCCc2cc(F)cc(F)c2)CCCCC1. The first-order valence-electron chi connectivity index (χ1n) is 7.40. The van der Waals surface area contributed by atoms with Crippen molar-refractivity contribution >= 4 is 0 Å². The quantitative estimate of drug-likeness (QED) is 0.787. The molecule has 112 valence electrons. The van der Waals surface area contributed by atoms with Gasteiger partial charge < -0.3 is 10.4 Å². The fourth-order valence-electron chi connectivity index (χ4n) is 3.03. The van der Waals surface area contributed by atoms with Crippen LogP contribution in [0.2, 0.25) is 0 Å². The predicted octanol–water partition coefficient (Wildman–Crippen LogP) is 3.04. The lowest BCUT2D eigenvalue weighted by atomic mass is 9.74. The minimum Gasteiger partial charge on any atom is -0.396 e. The first kappa shape index (κ1) is 15.4. The van der Waals surface area contributed by atoms with Gasteiger partial charge in [-0.1, -0.05) is 19.3 Å². The molecule has 1 aliphatic rings. The number of hydrogen-bond donors (Lipinski definition) is 2. The number of nitrogens with one attached hydrogen (secondary N) is 1. The van der Waals surface area contributed by atoms with Crippen LogP contribution in [0.5, 0.6) is 0 Å². The Labute approximate surface area is 119 Å². The van der Waals surface area contributed by atoms with Crippen molar-refractivity contribution < 1.29 is 13.9 Å². The molecule has 2 N–H and O–H groups in total. The van der Waals surface area contributed by atoms with Crippen molar-refractivity contribution in [1.29, 1.82) is 0 Å². The van der Waals surface area contributed by atoms with E-state index in [4.69, 9.17) is 0 Å². The normalized spacial score (nSPS) is 18.1. The summed E-state index contributed by atoms with van der Waals surface area (Å²) in [6, 6.07) is 3.63. The Kier molecular flexibility index (Phi) is 5.49. The van der Waals surface area contributed by atoms with Crippen LogP contribution in [0.4, 0.5) is 8.78 Å². The molecule has 0 unspecified atom stereocenters. The van der Waals surface area contributed by atoms with Crippen LogP contribution in [0.3, 0.4) is 0 Å². The van der Waals surface area contributed by atoms with Gasteiger partial charge in [0.15, 0.2) is 0 Å². The van der Waals surface area contributed by atoms with Gasteiger partial charge in [0, 0.05) is 24.6 Å². The Balaban J connectivity index is 1.77. The summed E-state index contributed by atoms with van der Waals surface area (Å²) in [4.78, 5) is 0. The second-order valence-corrected chi connectivity index (χ2v) is 5.92. The first-order chi connectivity index (χ1) is 9.63. The minimum absolute atomic E-state index is 0.00539. The molecule has 0 heterocycles. The maximum absolute atomic E-state index is 13.1. The first-order valence-corrected chi connectivity index (χ1v) is 7.40. The summed E-state index contributed by atoms with van der Waals surface area (Å²) < 4.78 is 26.1. The van der Waals surface area contributed by atoms with Crippen LogP contribution >= 0.6 is 0 Å². The molecule has 1 aromatic rings. The van der Waals surface area contributed by atoms with Crippen molar-refractivity contribution in [3.05, 3.63) is 35.4 Å². The molecule has 2 rings (SSSR count). The Morgan fingerprint density at radius 1 is 1.05 bits per heavy atom. The average Bonchev–Trinajstić information content (AvgIpc) is 2.44. The highest BCUT2D eigenvalue weighted by atomic mass is 19.1. The fourth-order valence-corrected chi connectivity index (χ4v) is 3.03. The van der Waals surface area contributed by atoms with Crippen LogP contribution in [0.25, 0.3) is 0 Å². The summed E-state index contributed by atoms with van der Waals surface area (Å²) in [5.74, 6) is -1.06. The van der Waals surface area contributed by atoms with Gasteiger partial charge in [0.2, 0.25) is 0 Å². The summed E-state index contributed by atoms with van der Waals surface area (Å²) in [6.45, 7) is 1.67. The molecular weight excluding hydrogens is 260 g/mol. The molecule has 0 saturated heterocycles. The van der Waals surface area contributed by atoms with Crippen molar-refractivity contribution in [3.63, 3.8) is 0 Å².